The van der Waals surface area contributed by atoms with E-state index in [0.717, 1.165) is 68.1 Å². The number of hydrogen-bond donors (Lipinski definition) is 0. The first-order chi connectivity index (χ1) is 17.6. The molecular weight excluding hydrogens is 470 g/mol. The number of aromatic nitrogens is 2. The Morgan fingerprint density at radius 2 is 2.08 bits per heavy atom. The molecule has 4 aliphatic rings. The van der Waals surface area contributed by atoms with Crippen molar-refractivity contribution in [1.82, 2.24) is 14.5 Å². The number of thiophene rings is 1. The summed E-state index contributed by atoms with van der Waals surface area (Å²) in [7, 11) is 1.76. The van der Waals surface area contributed by atoms with Crippen molar-refractivity contribution < 1.29 is 9.47 Å². The molecule has 4 atom stereocenters. The molecule has 0 bridgehead atoms. The maximum absolute atomic E-state index is 13.8. The average molecular weight is 506 g/mol. The summed E-state index contributed by atoms with van der Waals surface area (Å²) in [6.07, 6.45) is 7.58. The Bertz CT molecular complexity index is 1370. The topological polar surface area (TPSA) is 56.6 Å². The van der Waals surface area contributed by atoms with E-state index in [2.05, 4.69) is 30.0 Å². The minimum atomic E-state index is 0.0724. The van der Waals surface area contributed by atoms with Crippen molar-refractivity contribution in [2.75, 3.05) is 40.0 Å². The van der Waals surface area contributed by atoms with Crippen LogP contribution in [0.1, 0.15) is 53.7 Å². The summed E-state index contributed by atoms with van der Waals surface area (Å²) in [6.45, 7) is 7.47. The molecule has 1 saturated heterocycles. The number of ether oxygens (including phenoxy) is 2. The van der Waals surface area contributed by atoms with Crippen molar-refractivity contribution in [3.05, 3.63) is 56.4 Å². The van der Waals surface area contributed by atoms with Crippen LogP contribution in [0, 0.1) is 11.8 Å². The molecule has 3 aliphatic carbocycles. The third kappa shape index (κ3) is 3.42. The van der Waals surface area contributed by atoms with Crippen molar-refractivity contribution in [2.24, 2.45) is 11.8 Å². The van der Waals surface area contributed by atoms with Gasteiger partial charge in [-0.1, -0.05) is 13.0 Å². The van der Waals surface area contributed by atoms with Crippen LogP contribution in [0.3, 0.4) is 0 Å². The van der Waals surface area contributed by atoms with Gasteiger partial charge in [0.2, 0.25) is 0 Å². The summed E-state index contributed by atoms with van der Waals surface area (Å²) in [5.74, 6) is 2.89. The van der Waals surface area contributed by atoms with Crippen molar-refractivity contribution in [2.45, 2.75) is 56.9 Å². The van der Waals surface area contributed by atoms with Gasteiger partial charge in [0, 0.05) is 31.1 Å². The molecule has 0 spiro atoms. The second-order valence-corrected chi connectivity index (χ2v) is 12.5. The van der Waals surface area contributed by atoms with Gasteiger partial charge in [-0.3, -0.25) is 14.3 Å². The molecule has 0 radical (unpaired) electrons. The van der Waals surface area contributed by atoms with Crippen LogP contribution in [-0.4, -0.2) is 54.4 Å². The first kappa shape index (κ1) is 22.9. The Morgan fingerprint density at radius 1 is 1.22 bits per heavy atom. The number of hydrogen-bond acceptors (Lipinski definition) is 6. The second-order valence-electron chi connectivity index (χ2n) is 11.4. The zero-order valence-electron chi connectivity index (χ0n) is 21.3. The lowest BCUT2D eigenvalue weighted by atomic mass is 9.55. The van der Waals surface area contributed by atoms with Crippen LogP contribution in [0.15, 0.2) is 29.3 Å². The number of rotatable bonds is 4. The molecule has 6 nitrogen and oxygen atoms in total. The fraction of sp³-hybridized carbons (Fsp3) is 0.586. The van der Waals surface area contributed by atoms with Crippen LogP contribution in [0.5, 0.6) is 5.75 Å². The standard InChI is InChI=1S/C29H35N3O3S/c1-29-8-7-21-20-6-4-19(34-2)15-18(20)3-5-22(21)23(29)16-24-26(29)25-27(36-24)30-17-32(28(25)33)10-9-31-11-13-35-14-12-31/h4,6,15,17,21-23H,3,5,7-14,16H2,1-2H3/t21-,22+,23-,29-/m1/s1. The Hall–Kier alpha value is -2.22. The number of morpholine rings is 1. The minimum Gasteiger partial charge on any atom is -0.497 e. The van der Waals surface area contributed by atoms with Crippen molar-refractivity contribution >= 4 is 21.6 Å². The second kappa shape index (κ2) is 8.67. The normalized spacial score (nSPS) is 29.4. The van der Waals surface area contributed by atoms with Gasteiger partial charge in [-0.2, -0.15) is 0 Å². The van der Waals surface area contributed by atoms with E-state index in [9.17, 15) is 4.79 Å². The predicted molar refractivity (Wildman–Crippen MR) is 142 cm³/mol. The minimum absolute atomic E-state index is 0.0724. The number of nitrogens with zero attached hydrogens (tertiary/aromatic N) is 3. The largest absolute Gasteiger partial charge is 0.497 e. The van der Waals surface area contributed by atoms with Gasteiger partial charge in [0.1, 0.15) is 10.6 Å². The highest BCUT2D eigenvalue weighted by Gasteiger charge is 2.54. The summed E-state index contributed by atoms with van der Waals surface area (Å²) in [5, 5.41) is 0.920. The molecule has 0 amide bonds. The van der Waals surface area contributed by atoms with E-state index >= 15 is 0 Å². The molecule has 36 heavy (non-hydrogen) atoms. The molecule has 3 heterocycles. The van der Waals surface area contributed by atoms with Crippen LogP contribution in [-0.2, 0) is 29.5 Å². The maximum Gasteiger partial charge on any atom is 0.262 e. The first-order valence-electron chi connectivity index (χ1n) is 13.5. The third-order valence-electron chi connectivity index (χ3n) is 9.81. The van der Waals surface area contributed by atoms with Crippen LogP contribution in [0.4, 0.5) is 0 Å². The van der Waals surface area contributed by atoms with Gasteiger partial charge in [0.15, 0.2) is 0 Å². The molecule has 2 aromatic heterocycles. The van der Waals surface area contributed by atoms with E-state index in [1.807, 2.05) is 4.57 Å². The van der Waals surface area contributed by atoms with Gasteiger partial charge < -0.3 is 9.47 Å². The molecule has 1 aromatic carbocycles. The summed E-state index contributed by atoms with van der Waals surface area (Å²) in [4.78, 5) is 23.4. The van der Waals surface area contributed by atoms with Crippen LogP contribution >= 0.6 is 11.3 Å². The molecule has 1 aliphatic heterocycles. The van der Waals surface area contributed by atoms with Crippen LogP contribution in [0.25, 0.3) is 10.2 Å². The van der Waals surface area contributed by atoms with Gasteiger partial charge in [-0.05, 0) is 84.1 Å². The molecule has 0 unspecified atom stereocenters. The quantitative estimate of drug-likeness (QED) is 0.527. The lowest BCUT2D eigenvalue weighted by Gasteiger charge is -2.49. The van der Waals surface area contributed by atoms with Gasteiger partial charge in [-0.25, -0.2) is 4.98 Å². The fourth-order valence-corrected chi connectivity index (χ4v) is 9.27. The van der Waals surface area contributed by atoms with Crippen LogP contribution in [0.2, 0.25) is 0 Å². The highest BCUT2D eigenvalue weighted by molar-refractivity contribution is 7.18. The maximum atomic E-state index is 13.8. The number of methoxy groups -OCH3 is 1. The summed E-state index contributed by atoms with van der Waals surface area (Å²) in [6, 6.07) is 6.72. The van der Waals surface area contributed by atoms with Crippen molar-refractivity contribution in [1.29, 1.82) is 0 Å². The Balaban J connectivity index is 1.21. The molecule has 1 saturated carbocycles. The van der Waals surface area contributed by atoms with Crippen LogP contribution < -0.4 is 10.3 Å². The number of aryl methyl sites for hydroxylation is 1. The van der Waals surface area contributed by atoms with E-state index in [1.165, 1.54) is 28.8 Å². The summed E-state index contributed by atoms with van der Waals surface area (Å²) < 4.78 is 12.8. The fourth-order valence-electron chi connectivity index (χ4n) is 7.95. The molecule has 7 heteroatoms. The van der Waals surface area contributed by atoms with Gasteiger partial charge in [0.05, 0.1) is 32.0 Å². The lowest BCUT2D eigenvalue weighted by molar-refractivity contribution is 0.0362. The highest BCUT2D eigenvalue weighted by atomic mass is 32.1. The molecule has 7 rings (SSSR count). The van der Waals surface area contributed by atoms with Gasteiger partial charge in [-0.15, -0.1) is 11.3 Å². The third-order valence-corrected chi connectivity index (χ3v) is 10.9. The first-order valence-corrected chi connectivity index (χ1v) is 14.4. The highest BCUT2D eigenvalue weighted by Crippen LogP contribution is 2.62. The summed E-state index contributed by atoms with van der Waals surface area (Å²) >= 11 is 1.78. The van der Waals surface area contributed by atoms with Gasteiger partial charge in [0.25, 0.3) is 5.56 Å². The van der Waals surface area contributed by atoms with Crippen molar-refractivity contribution in [3.63, 3.8) is 0 Å². The van der Waals surface area contributed by atoms with E-state index in [1.54, 1.807) is 30.3 Å². The predicted octanol–water partition coefficient (Wildman–Crippen LogP) is 4.37. The molecule has 0 N–H and O–H groups in total. The molecule has 2 fully saturated rings. The van der Waals surface area contributed by atoms with Crippen molar-refractivity contribution in [3.8, 4) is 5.75 Å². The Morgan fingerprint density at radius 3 is 2.92 bits per heavy atom. The SMILES string of the molecule is COc1ccc2c(c1)CC[C@H]1[C@@H]2CC[C@@]2(C)c3c(sc4ncn(CCN5CCOCC5)c(=O)c34)C[C@H]12. The summed E-state index contributed by atoms with van der Waals surface area (Å²) in [5.41, 5.74) is 4.61. The number of benzene rings is 1. The molecule has 190 valence electrons. The van der Waals surface area contributed by atoms with E-state index in [0.29, 0.717) is 24.3 Å². The Kier molecular flexibility index (Phi) is 5.53. The lowest BCUT2D eigenvalue weighted by Crippen LogP contribution is -2.43. The molecule has 3 aromatic rings. The zero-order chi connectivity index (χ0) is 24.4. The zero-order valence-corrected chi connectivity index (χ0v) is 22.1. The van der Waals surface area contributed by atoms with E-state index in [-0.39, 0.29) is 11.0 Å². The monoisotopic (exact) mass is 505 g/mol. The Labute approximate surface area is 216 Å². The number of fused-ring (bicyclic) bond motifs is 9. The smallest absolute Gasteiger partial charge is 0.262 e. The van der Waals surface area contributed by atoms with E-state index < -0.39 is 0 Å². The van der Waals surface area contributed by atoms with Gasteiger partial charge >= 0.3 is 0 Å². The molecular formula is C29H35N3O3S. The average Bonchev–Trinajstić information content (AvgIpc) is 3.43. The van der Waals surface area contributed by atoms with E-state index in [4.69, 9.17) is 14.5 Å².